The van der Waals surface area contributed by atoms with Gasteiger partial charge in [0, 0.05) is 0 Å². The molecule has 1 heterocycles. The largest absolute Gasteiger partial charge is 0.488 e. The summed E-state index contributed by atoms with van der Waals surface area (Å²) in [7, 11) is 0. The van der Waals surface area contributed by atoms with Crippen molar-refractivity contribution in [2.24, 2.45) is 0 Å². The first-order valence-corrected chi connectivity index (χ1v) is 4.10. The smallest absolute Gasteiger partial charge is 0.124 e. The summed E-state index contributed by atoms with van der Waals surface area (Å²) in [6.07, 6.45) is 0.450. The Balaban J connectivity index is 1.94. The van der Waals surface area contributed by atoms with Crippen LogP contribution in [0.3, 0.4) is 0 Å². The van der Waals surface area contributed by atoms with E-state index in [1.165, 1.54) is 0 Å². The fourth-order valence-corrected chi connectivity index (χ4v) is 1.07. The minimum absolute atomic E-state index is 0.154. The van der Waals surface area contributed by atoms with Crippen LogP contribution in [0.25, 0.3) is 0 Å². The van der Waals surface area contributed by atoms with Gasteiger partial charge in [-0.1, -0.05) is 12.1 Å². The quantitative estimate of drug-likeness (QED) is 0.632. The zero-order valence-corrected chi connectivity index (χ0v) is 6.99. The Hall–Kier alpha value is -1.02. The maximum Gasteiger partial charge on any atom is 0.124 e. The van der Waals surface area contributed by atoms with Crippen molar-refractivity contribution in [2.75, 3.05) is 6.61 Å². The van der Waals surface area contributed by atoms with Crippen LogP contribution >= 0.6 is 0 Å². The maximum absolute atomic E-state index is 5.58. The van der Waals surface area contributed by atoms with Gasteiger partial charge in [0.05, 0.1) is 6.61 Å². The van der Waals surface area contributed by atoms with Crippen LogP contribution in [0.2, 0.25) is 0 Å². The zero-order chi connectivity index (χ0) is 8.39. The summed E-state index contributed by atoms with van der Waals surface area (Å²) in [5, 5.41) is 0. The van der Waals surface area contributed by atoms with Crippen molar-refractivity contribution in [3.05, 3.63) is 30.3 Å². The predicted octanol–water partition coefficient (Wildman–Crippen LogP) is 1.65. The molecule has 1 aromatic carbocycles. The Morgan fingerprint density at radius 1 is 1.75 bits per heavy atom. The Morgan fingerprint density at radius 3 is 3.17 bits per heavy atom. The number of benzene rings is 1. The topological polar surface area (TPSA) is 21.8 Å². The summed E-state index contributed by atoms with van der Waals surface area (Å²) in [4.78, 5) is 0. The lowest BCUT2D eigenvalue weighted by atomic mass is 10.3. The van der Waals surface area contributed by atoms with Gasteiger partial charge in [0.1, 0.15) is 18.0 Å². The van der Waals surface area contributed by atoms with E-state index in [0.29, 0.717) is 6.10 Å². The van der Waals surface area contributed by atoms with Crippen molar-refractivity contribution in [2.45, 2.75) is 19.1 Å². The molecule has 0 N–H and O–H groups in total. The molecule has 0 amide bonds. The molecule has 1 aliphatic rings. The van der Waals surface area contributed by atoms with Gasteiger partial charge < -0.3 is 9.47 Å². The molecule has 1 saturated heterocycles. The molecule has 2 unspecified atom stereocenters. The highest BCUT2D eigenvalue weighted by Crippen LogP contribution is 2.19. The highest BCUT2D eigenvalue weighted by atomic mass is 16.6. The standard InChI is InChI=1S/C10H11O2/c1-8(10-7-11-10)12-9-5-3-2-4-6-9/h2-3,5-6,8,10H,7H2,1H3. The number of epoxide rings is 1. The van der Waals surface area contributed by atoms with Gasteiger partial charge in [-0.05, 0) is 25.1 Å². The second-order valence-electron chi connectivity index (χ2n) is 2.93. The van der Waals surface area contributed by atoms with Gasteiger partial charge >= 0.3 is 0 Å². The van der Waals surface area contributed by atoms with Gasteiger partial charge in [-0.15, -0.1) is 0 Å². The average molecular weight is 163 g/mol. The monoisotopic (exact) mass is 163 g/mol. The Bertz CT molecular complexity index is 241. The minimum atomic E-state index is 0.154. The van der Waals surface area contributed by atoms with E-state index >= 15 is 0 Å². The van der Waals surface area contributed by atoms with E-state index < -0.39 is 0 Å². The van der Waals surface area contributed by atoms with E-state index in [9.17, 15) is 0 Å². The fourth-order valence-electron chi connectivity index (χ4n) is 1.07. The highest BCUT2D eigenvalue weighted by Gasteiger charge is 2.30. The molecule has 1 aliphatic heterocycles. The molecule has 0 bridgehead atoms. The van der Waals surface area contributed by atoms with Crippen LogP contribution in [0.1, 0.15) is 6.92 Å². The number of ether oxygens (including phenoxy) is 2. The first-order valence-electron chi connectivity index (χ1n) is 4.10. The number of hydrogen-bond acceptors (Lipinski definition) is 2. The molecule has 0 saturated carbocycles. The molecule has 1 radical (unpaired) electrons. The summed E-state index contributed by atoms with van der Waals surface area (Å²) >= 11 is 0. The SMILES string of the molecule is CC(Oc1c[c]ccc1)C1CO1. The second-order valence-corrected chi connectivity index (χ2v) is 2.93. The third-order valence-corrected chi connectivity index (χ3v) is 1.88. The third-order valence-electron chi connectivity index (χ3n) is 1.88. The summed E-state index contributed by atoms with van der Waals surface area (Å²) in [6.45, 7) is 2.85. The molecular weight excluding hydrogens is 152 g/mol. The molecule has 2 nitrogen and oxygen atoms in total. The van der Waals surface area contributed by atoms with Crippen LogP contribution in [0.15, 0.2) is 24.3 Å². The molecule has 2 rings (SSSR count). The van der Waals surface area contributed by atoms with E-state index in [2.05, 4.69) is 6.07 Å². The van der Waals surface area contributed by atoms with Gasteiger partial charge in [-0.3, -0.25) is 0 Å². The molecular formula is C10H11O2. The van der Waals surface area contributed by atoms with Crippen LogP contribution in [-0.4, -0.2) is 18.8 Å². The lowest BCUT2D eigenvalue weighted by Crippen LogP contribution is -2.18. The van der Waals surface area contributed by atoms with E-state index in [-0.39, 0.29) is 6.10 Å². The fraction of sp³-hybridized carbons (Fsp3) is 0.400. The van der Waals surface area contributed by atoms with Crippen molar-refractivity contribution in [3.63, 3.8) is 0 Å². The van der Waals surface area contributed by atoms with Gasteiger partial charge in [-0.2, -0.15) is 0 Å². The van der Waals surface area contributed by atoms with Crippen molar-refractivity contribution in [1.82, 2.24) is 0 Å². The number of rotatable bonds is 3. The summed E-state index contributed by atoms with van der Waals surface area (Å²) in [5.41, 5.74) is 0. The van der Waals surface area contributed by atoms with Gasteiger partial charge in [-0.25, -0.2) is 0 Å². The van der Waals surface area contributed by atoms with E-state index in [4.69, 9.17) is 9.47 Å². The minimum Gasteiger partial charge on any atom is -0.488 e. The van der Waals surface area contributed by atoms with Gasteiger partial charge in [0.2, 0.25) is 0 Å². The predicted molar refractivity (Wildman–Crippen MR) is 45.1 cm³/mol. The lowest BCUT2D eigenvalue weighted by Gasteiger charge is -2.11. The van der Waals surface area contributed by atoms with Crippen LogP contribution in [-0.2, 0) is 4.74 Å². The molecule has 1 fully saturated rings. The van der Waals surface area contributed by atoms with Crippen molar-refractivity contribution in [3.8, 4) is 5.75 Å². The average Bonchev–Trinajstić information content (AvgIpc) is 2.88. The Morgan fingerprint density at radius 2 is 2.58 bits per heavy atom. The molecule has 12 heavy (non-hydrogen) atoms. The summed E-state index contributed by atoms with van der Waals surface area (Å²) in [5.74, 6) is 0.862. The van der Waals surface area contributed by atoms with Crippen molar-refractivity contribution in [1.29, 1.82) is 0 Å². The maximum atomic E-state index is 5.58. The van der Waals surface area contributed by atoms with E-state index in [0.717, 1.165) is 12.4 Å². The number of hydrogen-bond donors (Lipinski definition) is 0. The Kier molecular flexibility index (Phi) is 2.00. The van der Waals surface area contributed by atoms with Crippen molar-refractivity contribution >= 4 is 0 Å². The first-order chi connectivity index (χ1) is 5.86. The van der Waals surface area contributed by atoms with E-state index in [1.54, 1.807) is 0 Å². The second kappa shape index (κ2) is 3.15. The third kappa shape index (κ3) is 1.77. The summed E-state index contributed by atoms with van der Waals surface area (Å²) in [6, 6.07) is 10.5. The molecule has 0 aliphatic carbocycles. The lowest BCUT2D eigenvalue weighted by molar-refractivity contribution is 0.176. The molecule has 2 heteroatoms. The van der Waals surface area contributed by atoms with Crippen LogP contribution in [0.5, 0.6) is 5.75 Å². The summed E-state index contributed by atoms with van der Waals surface area (Å²) < 4.78 is 10.7. The van der Waals surface area contributed by atoms with E-state index in [1.807, 2.05) is 31.2 Å². The normalized spacial score (nSPS) is 23.2. The van der Waals surface area contributed by atoms with Gasteiger partial charge in [0.25, 0.3) is 0 Å². The highest BCUT2D eigenvalue weighted by molar-refractivity contribution is 5.20. The molecule has 1 aromatic rings. The van der Waals surface area contributed by atoms with Crippen LogP contribution < -0.4 is 4.74 Å². The van der Waals surface area contributed by atoms with Crippen LogP contribution in [0.4, 0.5) is 0 Å². The Labute approximate surface area is 72.1 Å². The zero-order valence-electron chi connectivity index (χ0n) is 6.99. The van der Waals surface area contributed by atoms with Crippen molar-refractivity contribution < 1.29 is 9.47 Å². The molecule has 63 valence electrons. The van der Waals surface area contributed by atoms with Crippen LogP contribution in [0, 0.1) is 6.07 Å². The molecule has 0 aromatic heterocycles. The first kappa shape index (κ1) is 7.62. The molecule has 0 spiro atoms. The van der Waals surface area contributed by atoms with Gasteiger partial charge in [0.15, 0.2) is 0 Å². The molecule has 2 atom stereocenters.